The van der Waals surface area contributed by atoms with Crippen LogP contribution in [0.4, 0.5) is 0 Å². The van der Waals surface area contributed by atoms with Gasteiger partial charge in [0, 0.05) is 24.4 Å². The topological polar surface area (TPSA) is 0 Å². The van der Waals surface area contributed by atoms with Crippen molar-refractivity contribution in [2.24, 2.45) is 0 Å². The monoisotopic (exact) mass is 405 g/mol. The predicted octanol–water partition coefficient (Wildman–Crippen LogP) is 0.169. The van der Waals surface area contributed by atoms with E-state index in [9.17, 15) is 0 Å². The molecule has 0 aromatic rings. The molecule has 0 unspecified atom stereocenters. The Morgan fingerprint density at radius 2 is 1.33 bits per heavy atom. The molecule has 0 saturated heterocycles. The molecule has 0 aliphatic carbocycles. The second kappa shape index (κ2) is 10.4. The summed E-state index contributed by atoms with van der Waals surface area (Å²) in [7, 11) is 0. The molecule has 0 N–H and O–H groups in total. The molecular weight excluding hydrogens is 401 g/mol. The van der Waals surface area contributed by atoms with Gasteiger partial charge in [-0.05, 0) is 0 Å². The van der Waals surface area contributed by atoms with Gasteiger partial charge in [-0.1, -0.05) is 0 Å². The Morgan fingerprint density at radius 3 is 1.33 bits per heavy atom. The third-order valence-electron chi connectivity index (χ3n) is 0.316. The summed E-state index contributed by atoms with van der Waals surface area (Å²) in [5.41, 5.74) is 0. The van der Waals surface area contributed by atoms with Gasteiger partial charge >= 0.3 is 61.2 Å². The van der Waals surface area contributed by atoms with E-state index in [1.54, 1.807) is 0 Å². The van der Waals surface area contributed by atoms with Crippen LogP contribution in [-0.2, 0) is 0 Å². The summed E-state index contributed by atoms with van der Waals surface area (Å²) in [6.07, 6.45) is 1.43. The van der Waals surface area contributed by atoms with Crippen LogP contribution in [0.2, 0.25) is 8.73 Å². The Bertz CT molecular complexity index is 13.5. The molecule has 7 radical (unpaired) electrons. The van der Waals surface area contributed by atoms with Crippen molar-refractivity contribution in [3.63, 3.8) is 0 Å². The minimum absolute atomic E-state index is 0. The average molecular weight is 407 g/mol. The van der Waals surface area contributed by atoms with Crippen molar-refractivity contribution < 1.29 is 0 Å². The third-order valence-corrected chi connectivity index (χ3v) is 2.12. The summed E-state index contributed by atoms with van der Waals surface area (Å²) in [6.45, 7) is 0. The second-order valence-electron chi connectivity index (χ2n) is 0.801. The average Bonchev–Trinajstić information content (AvgIpc) is 1.41. The van der Waals surface area contributed by atoms with Gasteiger partial charge in [-0.2, -0.15) is 0 Å². The number of rotatable bonds is 2. The van der Waals surface area contributed by atoms with Crippen LogP contribution in [-0.4, -0.2) is 70.5 Å². The van der Waals surface area contributed by atoms with Gasteiger partial charge in [-0.25, -0.2) is 0 Å². The Morgan fingerprint density at radius 1 is 1.00 bits per heavy atom. The van der Waals surface area contributed by atoms with E-state index in [0.29, 0.717) is 0 Å². The number of hydrogen-bond donors (Lipinski definition) is 0. The quantitative estimate of drug-likeness (QED) is 0.573. The van der Waals surface area contributed by atoms with Gasteiger partial charge in [0.1, 0.15) is 0 Å². The molecule has 0 aliphatic rings. The van der Waals surface area contributed by atoms with Crippen molar-refractivity contribution in [2.45, 2.75) is 15.2 Å². The van der Waals surface area contributed by atoms with Gasteiger partial charge in [0.2, 0.25) is 0 Å². The zero-order valence-corrected chi connectivity index (χ0v) is 11.1. The first-order valence-electron chi connectivity index (χ1n) is 1.63. The Hall–Kier alpha value is 2.45. The van der Waals surface area contributed by atoms with Crippen molar-refractivity contribution in [1.29, 1.82) is 0 Å². The molecule has 3 heteroatoms. The molecule has 0 nitrogen and oxygen atoms in total. The maximum atomic E-state index is 1.93. The van der Waals surface area contributed by atoms with Crippen molar-refractivity contribution >= 4 is 70.5 Å². The van der Waals surface area contributed by atoms with E-state index in [-0.39, 0.29) is 24.4 Å². The molecule has 0 heterocycles. The number of hydrogen-bond acceptors (Lipinski definition) is 0. The molecular formula is C3H6Sb3. The molecule has 33 valence electrons. The van der Waals surface area contributed by atoms with Crippen LogP contribution in [0.5, 0.6) is 0 Å². The Balaban J connectivity index is 0. The van der Waals surface area contributed by atoms with E-state index in [4.69, 9.17) is 0 Å². The summed E-state index contributed by atoms with van der Waals surface area (Å²) >= 11 is 3.85. The van der Waals surface area contributed by atoms with Crippen molar-refractivity contribution in [3.8, 4) is 0 Å². The molecule has 0 bridgehead atoms. The summed E-state index contributed by atoms with van der Waals surface area (Å²) in [5, 5.41) is 0. The SMILES string of the molecule is [Sb].[Sb][CH2]C[CH2][Sb]. The van der Waals surface area contributed by atoms with Crippen LogP contribution in [0, 0.1) is 0 Å². The van der Waals surface area contributed by atoms with Crippen LogP contribution in [0.25, 0.3) is 0 Å². The van der Waals surface area contributed by atoms with Crippen LogP contribution in [0.1, 0.15) is 6.42 Å². The summed E-state index contributed by atoms with van der Waals surface area (Å²) < 4.78 is 2.81. The van der Waals surface area contributed by atoms with Gasteiger partial charge in [0.15, 0.2) is 0 Å². The molecule has 6 heavy (non-hydrogen) atoms. The molecule has 0 fully saturated rings. The molecule has 0 atom stereocenters. The molecule has 0 saturated carbocycles. The first kappa shape index (κ1) is 11.3. The first-order valence-corrected chi connectivity index (χ1v) is 5.24. The van der Waals surface area contributed by atoms with E-state index in [1.807, 2.05) is 46.0 Å². The van der Waals surface area contributed by atoms with E-state index in [2.05, 4.69) is 0 Å². The van der Waals surface area contributed by atoms with Crippen LogP contribution in [0.3, 0.4) is 0 Å². The van der Waals surface area contributed by atoms with Gasteiger partial charge < -0.3 is 0 Å². The summed E-state index contributed by atoms with van der Waals surface area (Å²) in [6, 6.07) is 0. The summed E-state index contributed by atoms with van der Waals surface area (Å²) in [4.78, 5) is 0. The Kier molecular flexibility index (Phi) is 19.6. The molecule has 0 rings (SSSR count). The fourth-order valence-electron chi connectivity index (χ4n) is 0.0707. The van der Waals surface area contributed by atoms with E-state index < -0.39 is 0 Å². The van der Waals surface area contributed by atoms with E-state index in [0.717, 1.165) is 0 Å². The van der Waals surface area contributed by atoms with Gasteiger partial charge in [-0.3, -0.25) is 0 Å². The fraction of sp³-hybridized carbons (Fsp3) is 1.00. The maximum absolute atomic E-state index is 1.93. The molecule has 0 amide bonds. The zero-order chi connectivity index (χ0) is 4.12. The second-order valence-corrected chi connectivity index (χ2v) is 3.35. The molecule has 0 aromatic carbocycles. The van der Waals surface area contributed by atoms with Crippen LogP contribution < -0.4 is 0 Å². The van der Waals surface area contributed by atoms with Crippen molar-refractivity contribution in [2.75, 3.05) is 0 Å². The summed E-state index contributed by atoms with van der Waals surface area (Å²) in [5.74, 6) is 0. The fourth-order valence-corrected chi connectivity index (χ4v) is 3.18. The normalized spacial score (nSPS) is 7.00. The van der Waals surface area contributed by atoms with Gasteiger partial charge in [0.05, 0.1) is 0 Å². The molecule has 0 aromatic heterocycles. The molecule has 0 spiro atoms. The Labute approximate surface area is 84.3 Å². The molecule has 0 aliphatic heterocycles. The zero-order valence-electron chi connectivity index (χ0n) is 3.46. The standard InChI is InChI=1S/C3H6.3Sb/c1-3-2;;;/h1-3H2;;;. The predicted molar refractivity (Wildman–Crippen MR) is 31.5 cm³/mol. The van der Waals surface area contributed by atoms with Crippen LogP contribution >= 0.6 is 0 Å². The first-order chi connectivity index (χ1) is 2.41. The third kappa shape index (κ3) is 9.68. The van der Waals surface area contributed by atoms with Crippen LogP contribution in [0.15, 0.2) is 0 Å². The van der Waals surface area contributed by atoms with Crippen molar-refractivity contribution in [3.05, 3.63) is 0 Å². The van der Waals surface area contributed by atoms with Gasteiger partial charge in [-0.15, -0.1) is 0 Å². The minimum atomic E-state index is 0. The van der Waals surface area contributed by atoms with Crippen molar-refractivity contribution in [1.82, 2.24) is 0 Å². The van der Waals surface area contributed by atoms with E-state index in [1.165, 1.54) is 15.2 Å². The van der Waals surface area contributed by atoms with E-state index >= 15 is 0 Å². The van der Waals surface area contributed by atoms with Gasteiger partial charge in [0.25, 0.3) is 0 Å².